The molecule has 0 unspecified atom stereocenters. The maximum atomic E-state index is 13.9. The zero-order valence-corrected chi connectivity index (χ0v) is 11.5. The van der Waals surface area contributed by atoms with E-state index in [4.69, 9.17) is 0 Å². The summed E-state index contributed by atoms with van der Waals surface area (Å²) < 4.78 is 51.5. The van der Waals surface area contributed by atoms with Crippen LogP contribution in [0.4, 0.5) is 17.6 Å². The van der Waals surface area contributed by atoms with Gasteiger partial charge in [0.05, 0.1) is 5.56 Å². The summed E-state index contributed by atoms with van der Waals surface area (Å²) in [5.74, 6) is -0.944. The summed E-state index contributed by atoms with van der Waals surface area (Å²) in [6, 6.07) is 4.23. The van der Waals surface area contributed by atoms with Crippen molar-refractivity contribution in [3.05, 3.63) is 47.4 Å². The number of thiazole rings is 1. The number of hydrogen-bond donors (Lipinski definition) is 0. The van der Waals surface area contributed by atoms with Crippen LogP contribution in [-0.2, 0) is 6.18 Å². The van der Waals surface area contributed by atoms with Crippen LogP contribution in [0.15, 0.2) is 30.5 Å². The lowest BCUT2D eigenvalue weighted by Crippen LogP contribution is -2.05. The van der Waals surface area contributed by atoms with Gasteiger partial charge in [-0.25, -0.2) is 14.4 Å². The van der Waals surface area contributed by atoms with Crippen LogP contribution in [-0.4, -0.2) is 9.97 Å². The number of hydrogen-bond acceptors (Lipinski definition) is 3. The molecule has 3 aromatic rings. The number of halogens is 4. The Balaban J connectivity index is 2.10. The van der Waals surface area contributed by atoms with Gasteiger partial charge in [0, 0.05) is 11.8 Å². The van der Waals surface area contributed by atoms with Gasteiger partial charge in [0.25, 0.3) is 0 Å². The van der Waals surface area contributed by atoms with Crippen molar-refractivity contribution in [1.29, 1.82) is 0 Å². The van der Waals surface area contributed by atoms with Crippen molar-refractivity contribution in [2.24, 2.45) is 0 Å². The SMILES string of the molecule is Cc1cnc2sc(-c3ccc(C(F)(F)F)cc3F)nc2c1. The first-order valence-electron chi connectivity index (χ1n) is 5.95. The summed E-state index contributed by atoms with van der Waals surface area (Å²) in [6.45, 7) is 1.85. The van der Waals surface area contributed by atoms with Crippen LogP contribution in [0.1, 0.15) is 11.1 Å². The zero-order valence-electron chi connectivity index (χ0n) is 10.7. The highest BCUT2D eigenvalue weighted by Gasteiger charge is 2.31. The number of aryl methyl sites for hydroxylation is 1. The van der Waals surface area contributed by atoms with Crippen molar-refractivity contribution in [2.45, 2.75) is 13.1 Å². The molecule has 3 rings (SSSR count). The van der Waals surface area contributed by atoms with Crippen LogP contribution < -0.4 is 0 Å². The van der Waals surface area contributed by atoms with Gasteiger partial charge in [-0.2, -0.15) is 13.2 Å². The molecule has 0 bridgehead atoms. The molecule has 2 nitrogen and oxygen atoms in total. The molecule has 0 saturated carbocycles. The Morgan fingerprint density at radius 2 is 1.90 bits per heavy atom. The minimum atomic E-state index is -4.56. The topological polar surface area (TPSA) is 25.8 Å². The second-order valence-corrected chi connectivity index (χ2v) is 5.53. The smallest absolute Gasteiger partial charge is 0.243 e. The largest absolute Gasteiger partial charge is 0.416 e. The highest BCUT2D eigenvalue weighted by molar-refractivity contribution is 7.21. The first kappa shape index (κ1) is 13.9. The summed E-state index contributed by atoms with van der Waals surface area (Å²) in [4.78, 5) is 9.02. The molecule has 0 N–H and O–H groups in total. The van der Waals surface area contributed by atoms with Crippen molar-refractivity contribution in [3.8, 4) is 10.6 Å². The average molecular weight is 312 g/mol. The van der Waals surface area contributed by atoms with Gasteiger partial charge in [-0.3, -0.25) is 0 Å². The molecule has 108 valence electrons. The Kier molecular flexibility index (Phi) is 3.16. The molecular formula is C14H8F4N2S. The lowest BCUT2D eigenvalue weighted by atomic mass is 10.1. The predicted molar refractivity (Wildman–Crippen MR) is 72.5 cm³/mol. The van der Waals surface area contributed by atoms with Gasteiger partial charge < -0.3 is 0 Å². The lowest BCUT2D eigenvalue weighted by Gasteiger charge is -2.07. The van der Waals surface area contributed by atoms with Crippen LogP contribution in [0.3, 0.4) is 0 Å². The molecule has 2 aromatic heterocycles. The van der Waals surface area contributed by atoms with Crippen LogP contribution in [0, 0.1) is 12.7 Å². The number of aromatic nitrogens is 2. The number of alkyl halides is 3. The Hall–Kier alpha value is -2.02. The molecular weight excluding hydrogens is 304 g/mol. The Bertz CT molecular complexity index is 823. The highest BCUT2D eigenvalue weighted by Crippen LogP contribution is 2.35. The van der Waals surface area contributed by atoms with Gasteiger partial charge in [0.2, 0.25) is 0 Å². The second kappa shape index (κ2) is 4.77. The maximum absolute atomic E-state index is 13.9. The van der Waals surface area contributed by atoms with Gasteiger partial charge in [0.1, 0.15) is 21.2 Å². The monoisotopic (exact) mass is 312 g/mol. The molecule has 0 saturated heterocycles. The van der Waals surface area contributed by atoms with E-state index >= 15 is 0 Å². The minimum absolute atomic E-state index is 0.0450. The van der Waals surface area contributed by atoms with E-state index in [-0.39, 0.29) is 5.56 Å². The van der Waals surface area contributed by atoms with Crippen LogP contribution in [0.5, 0.6) is 0 Å². The maximum Gasteiger partial charge on any atom is 0.416 e. The molecule has 0 amide bonds. The molecule has 0 spiro atoms. The van der Waals surface area contributed by atoms with E-state index in [1.807, 2.05) is 6.92 Å². The molecule has 0 atom stereocenters. The van der Waals surface area contributed by atoms with E-state index in [1.165, 1.54) is 0 Å². The van der Waals surface area contributed by atoms with Crippen molar-refractivity contribution in [1.82, 2.24) is 9.97 Å². The second-order valence-electron chi connectivity index (χ2n) is 4.55. The van der Waals surface area contributed by atoms with Gasteiger partial charge >= 0.3 is 6.18 Å². The van der Waals surface area contributed by atoms with Crippen LogP contribution in [0.25, 0.3) is 20.9 Å². The van der Waals surface area contributed by atoms with Gasteiger partial charge in [0.15, 0.2) is 0 Å². The fraction of sp³-hybridized carbons (Fsp3) is 0.143. The molecule has 0 radical (unpaired) electrons. The van der Waals surface area contributed by atoms with E-state index < -0.39 is 17.6 Å². The Morgan fingerprint density at radius 3 is 2.57 bits per heavy atom. The Labute approximate surface area is 121 Å². The van der Waals surface area contributed by atoms with Gasteiger partial charge in [-0.05, 0) is 36.8 Å². The molecule has 0 aliphatic rings. The standard InChI is InChI=1S/C14H8F4N2S/c1-7-4-11-13(19-6-7)21-12(20-11)9-3-2-8(5-10(9)15)14(16,17)18/h2-6H,1H3. The van der Waals surface area contributed by atoms with Crippen molar-refractivity contribution >= 4 is 21.7 Å². The minimum Gasteiger partial charge on any atom is -0.243 e. The average Bonchev–Trinajstić information content (AvgIpc) is 2.80. The predicted octanol–water partition coefficient (Wildman–Crippen LogP) is 4.82. The fourth-order valence-electron chi connectivity index (χ4n) is 1.90. The van der Waals surface area contributed by atoms with Crippen molar-refractivity contribution < 1.29 is 17.6 Å². The van der Waals surface area contributed by atoms with E-state index in [1.54, 1.807) is 12.3 Å². The van der Waals surface area contributed by atoms with E-state index in [0.717, 1.165) is 29.0 Å². The van der Waals surface area contributed by atoms with Crippen molar-refractivity contribution in [2.75, 3.05) is 0 Å². The number of benzene rings is 1. The van der Waals surface area contributed by atoms with Crippen molar-refractivity contribution in [3.63, 3.8) is 0 Å². The summed E-state index contributed by atoms with van der Waals surface area (Å²) in [6.07, 6.45) is -2.90. The normalized spacial score (nSPS) is 12.0. The summed E-state index contributed by atoms with van der Waals surface area (Å²) in [5.41, 5.74) is 0.545. The first-order chi connectivity index (χ1) is 9.84. The summed E-state index contributed by atoms with van der Waals surface area (Å²) in [5, 5.41) is 0.314. The molecule has 0 aliphatic heterocycles. The number of rotatable bonds is 1. The number of nitrogens with zero attached hydrogens (tertiary/aromatic N) is 2. The molecule has 1 aromatic carbocycles. The third kappa shape index (κ3) is 2.61. The van der Waals surface area contributed by atoms with Gasteiger partial charge in [-0.15, -0.1) is 0 Å². The molecule has 0 fully saturated rings. The molecule has 0 aliphatic carbocycles. The van der Waals surface area contributed by atoms with E-state index in [9.17, 15) is 17.6 Å². The van der Waals surface area contributed by atoms with Crippen LogP contribution in [0.2, 0.25) is 0 Å². The summed E-state index contributed by atoms with van der Waals surface area (Å²) in [7, 11) is 0. The summed E-state index contributed by atoms with van der Waals surface area (Å²) >= 11 is 1.14. The van der Waals surface area contributed by atoms with E-state index in [0.29, 0.717) is 21.4 Å². The third-order valence-corrected chi connectivity index (χ3v) is 3.92. The molecule has 2 heterocycles. The number of pyridine rings is 1. The number of fused-ring (bicyclic) bond motifs is 1. The highest BCUT2D eigenvalue weighted by atomic mass is 32.1. The quantitative estimate of drug-likeness (QED) is 0.602. The van der Waals surface area contributed by atoms with Crippen LogP contribution >= 0.6 is 11.3 Å². The first-order valence-corrected chi connectivity index (χ1v) is 6.76. The Morgan fingerprint density at radius 1 is 1.14 bits per heavy atom. The lowest BCUT2D eigenvalue weighted by molar-refractivity contribution is -0.137. The third-order valence-electron chi connectivity index (χ3n) is 2.91. The van der Waals surface area contributed by atoms with Gasteiger partial charge in [-0.1, -0.05) is 11.3 Å². The van der Waals surface area contributed by atoms with E-state index in [2.05, 4.69) is 9.97 Å². The zero-order chi connectivity index (χ0) is 15.2. The molecule has 7 heteroatoms. The fourth-order valence-corrected chi connectivity index (χ4v) is 2.82. The molecule has 21 heavy (non-hydrogen) atoms.